The molecule has 1 aliphatic rings. The molecule has 0 aliphatic carbocycles. The van der Waals surface area contributed by atoms with Gasteiger partial charge < -0.3 is 9.30 Å². The Balaban J connectivity index is 2.13. The second-order valence-corrected chi connectivity index (χ2v) is 4.16. The normalized spacial score (nSPS) is 20.9. The maximum absolute atomic E-state index is 5.08. The first-order valence-corrected chi connectivity index (χ1v) is 5.33. The van der Waals surface area contributed by atoms with E-state index in [2.05, 4.69) is 16.5 Å². The van der Waals surface area contributed by atoms with Crippen LogP contribution < -0.4 is 0 Å². The second-order valence-electron chi connectivity index (χ2n) is 4.16. The first kappa shape index (κ1) is 9.71. The van der Waals surface area contributed by atoms with Gasteiger partial charge in [0.1, 0.15) is 5.82 Å². The molecule has 14 heavy (non-hydrogen) atoms. The van der Waals surface area contributed by atoms with E-state index in [1.54, 1.807) is 7.11 Å². The summed E-state index contributed by atoms with van der Waals surface area (Å²) in [5.74, 6) is 1.98. The zero-order valence-electron chi connectivity index (χ0n) is 8.99. The minimum absolute atomic E-state index is 0.769. The zero-order chi connectivity index (χ0) is 9.97. The van der Waals surface area contributed by atoms with Gasteiger partial charge in [-0.05, 0) is 18.8 Å². The largest absolute Gasteiger partial charge is 0.384 e. The van der Waals surface area contributed by atoms with Crippen LogP contribution in [-0.4, -0.2) is 23.3 Å². The van der Waals surface area contributed by atoms with Gasteiger partial charge in [-0.15, -0.1) is 0 Å². The fraction of sp³-hybridized carbons (Fsp3) is 0.727. The third kappa shape index (κ3) is 1.82. The number of rotatable bonds is 3. The van der Waals surface area contributed by atoms with Crippen molar-refractivity contribution in [3.8, 4) is 0 Å². The van der Waals surface area contributed by atoms with Crippen LogP contribution in [0.4, 0.5) is 0 Å². The van der Waals surface area contributed by atoms with E-state index in [0.29, 0.717) is 0 Å². The van der Waals surface area contributed by atoms with Gasteiger partial charge in [-0.25, -0.2) is 4.98 Å². The third-order valence-corrected chi connectivity index (χ3v) is 2.94. The van der Waals surface area contributed by atoms with Crippen LogP contribution in [0.2, 0.25) is 0 Å². The molecule has 0 fully saturated rings. The summed E-state index contributed by atoms with van der Waals surface area (Å²) in [6.07, 6.45) is 5.44. The van der Waals surface area contributed by atoms with E-state index >= 15 is 0 Å². The Morgan fingerprint density at radius 1 is 1.64 bits per heavy atom. The van der Waals surface area contributed by atoms with E-state index in [0.717, 1.165) is 25.5 Å². The quantitative estimate of drug-likeness (QED) is 0.731. The van der Waals surface area contributed by atoms with Crippen LogP contribution in [0.1, 0.15) is 24.9 Å². The predicted octanol–water partition coefficient (Wildman–Crippen LogP) is 1.65. The standard InChI is InChI=1S/C11H18N2O/c1-9-3-4-10-7-12-11(5-6-14-2)13(10)8-9/h7,9H,3-6,8H2,1-2H3. The van der Waals surface area contributed by atoms with Gasteiger partial charge in [0.2, 0.25) is 0 Å². The topological polar surface area (TPSA) is 27.1 Å². The van der Waals surface area contributed by atoms with Crippen LogP contribution >= 0.6 is 0 Å². The third-order valence-electron chi connectivity index (χ3n) is 2.94. The van der Waals surface area contributed by atoms with E-state index < -0.39 is 0 Å². The van der Waals surface area contributed by atoms with Crippen LogP contribution in [0.15, 0.2) is 6.20 Å². The van der Waals surface area contributed by atoms with Crippen molar-refractivity contribution >= 4 is 0 Å². The van der Waals surface area contributed by atoms with E-state index in [-0.39, 0.29) is 0 Å². The Labute approximate surface area is 85.1 Å². The summed E-state index contributed by atoms with van der Waals surface area (Å²) >= 11 is 0. The molecule has 0 N–H and O–H groups in total. The summed E-state index contributed by atoms with van der Waals surface area (Å²) in [5, 5.41) is 0. The van der Waals surface area contributed by atoms with Crippen molar-refractivity contribution in [2.75, 3.05) is 13.7 Å². The molecule has 1 atom stereocenters. The summed E-state index contributed by atoms with van der Waals surface area (Å²) < 4.78 is 7.45. The average Bonchev–Trinajstić information content (AvgIpc) is 2.57. The first-order valence-electron chi connectivity index (χ1n) is 5.33. The van der Waals surface area contributed by atoms with Crippen molar-refractivity contribution < 1.29 is 4.74 Å². The number of aromatic nitrogens is 2. The van der Waals surface area contributed by atoms with Gasteiger partial charge in [0, 0.05) is 32.0 Å². The number of imidazole rings is 1. The molecule has 1 aromatic heterocycles. The van der Waals surface area contributed by atoms with Crippen molar-refractivity contribution in [2.24, 2.45) is 5.92 Å². The van der Waals surface area contributed by atoms with Crippen molar-refractivity contribution in [3.63, 3.8) is 0 Å². The summed E-state index contributed by atoms with van der Waals surface area (Å²) in [4.78, 5) is 4.45. The smallest absolute Gasteiger partial charge is 0.111 e. The highest BCUT2D eigenvalue weighted by Gasteiger charge is 2.17. The van der Waals surface area contributed by atoms with Crippen LogP contribution in [0.3, 0.4) is 0 Å². The molecule has 0 saturated heterocycles. The Kier molecular flexibility index (Phi) is 2.87. The zero-order valence-corrected chi connectivity index (χ0v) is 8.99. The molecular weight excluding hydrogens is 176 g/mol. The monoisotopic (exact) mass is 194 g/mol. The molecule has 1 unspecified atom stereocenters. The van der Waals surface area contributed by atoms with Crippen molar-refractivity contribution in [2.45, 2.75) is 32.7 Å². The summed E-state index contributed by atoms with van der Waals surface area (Å²) in [5.41, 5.74) is 1.40. The molecule has 2 heterocycles. The molecule has 1 aromatic rings. The maximum atomic E-state index is 5.08. The van der Waals surface area contributed by atoms with Crippen LogP contribution in [0.5, 0.6) is 0 Å². The molecule has 78 valence electrons. The van der Waals surface area contributed by atoms with E-state index in [1.807, 2.05) is 6.20 Å². The Morgan fingerprint density at radius 3 is 3.29 bits per heavy atom. The SMILES string of the molecule is COCCc1ncc2n1CC(C)CC2. The van der Waals surface area contributed by atoms with Gasteiger partial charge in [0.15, 0.2) is 0 Å². The number of hydrogen-bond donors (Lipinski definition) is 0. The fourth-order valence-electron chi connectivity index (χ4n) is 2.07. The molecule has 0 amide bonds. The first-order chi connectivity index (χ1) is 6.81. The summed E-state index contributed by atoms with van der Waals surface area (Å²) in [6.45, 7) is 4.21. The molecule has 0 aromatic carbocycles. The minimum Gasteiger partial charge on any atom is -0.384 e. The van der Waals surface area contributed by atoms with Crippen molar-refractivity contribution in [3.05, 3.63) is 17.7 Å². The van der Waals surface area contributed by atoms with Crippen molar-refractivity contribution in [1.29, 1.82) is 0 Å². The van der Waals surface area contributed by atoms with Crippen molar-refractivity contribution in [1.82, 2.24) is 9.55 Å². The molecule has 0 radical (unpaired) electrons. The van der Waals surface area contributed by atoms with Crippen LogP contribution in [0, 0.1) is 5.92 Å². The van der Waals surface area contributed by atoms with Gasteiger partial charge >= 0.3 is 0 Å². The number of fused-ring (bicyclic) bond motifs is 1. The van der Waals surface area contributed by atoms with Gasteiger partial charge in [-0.3, -0.25) is 0 Å². The Hall–Kier alpha value is -0.830. The maximum Gasteiger partial charge on any atom is 0.111 e. The summed E-state index contributed by atoms with van der Waals surface area (Å²) in [7, 11) is 1.74. The van der Waals surface area contributed by atoms with Crippen LogP contribution in [-0.2, 0) is 24.1 Å². The second kappa shape index (κ2) is 4.13. The van der Waals surface area contributed by atoms with Gasteiger partial charge in [-0.1, -0.05) is 6.92 Å². The molecule has 3 nitrogen and oxygen atoms in total. The number of ether oxygens (including phenoxy) is 1. The number of aryl methyl sites for hydroxylation is 1. The molecule has 3 heteroatoms. The predicted molar refractivity (Wildman–Crippen MR) is 55.3 cm³/mol. The van der Waals surface area contributed by atoms with Gasteiger partial charge in [0.25, 0.3) is 0 Å². The van der Waals surface area contributed by atoms with E-state index in [9.17, 15) is 0 Å². The number of methoxy groups -OCH3 is 1. The lowest BCUT2D eigenvalue weighted by Crippen LogP contribution is -2.20. The van der Waals surface area contributed by atoms with E-state index in [4.69, 9.17) is 4.74 Å². The minimum atomic E-state index is 0.769. The highest BCUT2D eigenvalue weighted by Crippen LogP contribution is 2.21. The summed E-state index contributed by atoms with van der Waals surface area (Å²) in [6, 6.07) is 0. The average molecular weight is 194 g/mol. The van der Waals surface area contributed by atoms with Gasteiger partial charge in [-0.2, -0.15) is 0 Å². The lowest BCUT2D eigenvalue weighted by atomic mass is 10.0. The number of nitrogens with zero attached hydrogens (tertiary/aromatic N) is 2. The molecule has 1 aliphatic heterocycles. The molecule has 2 rings (SSSR count). The Bertz CT molecular complexity index is 306. The van der Waals surface area contributed by atoms with Crippen LogP contribution in [0.25, 0.3) is 0 Å². The molecular formula is C11H18N2O. The fourth-order valence-corrected chi connectivity index (χ4v) is 2.07. The Morgan fingerprint density at radius 2 is 2.50 bits per heavy atom. The molecule has 0 bridgehead atoms. The van der Waals surface area contributed by atoms with Gasteiger partial charge in [0.05, 0.1) is 6.61 Å². The highest BCUT2D eigenvalue weighted by atomic mass is 16.5. The molecule has 0 spiro atoms. The number of hydrogen-bond acceptors (Lipinski definition) is 2. The molecule has 0 saturated carbocycles. The lowest BCUT2D eigenvalue weighted by Gasteiger charge is -2.22. The van der Waals surface area contributed by atoms with E-state index in [1.165, 1.54) is 24.4 Å². The highest BCUT2D eigenvalue weighted by molar-refractivity contribution is 5.08. The lowest BCUT2D eigenvalue weighted by molar-refractivity contribution is 0.198.